The molecular weight excluding hydrogens is 340 g/mol. The van der Waals surface area contributed by atoms with E-state index in [2.05, 4.69) is 46.8 Å². The number of rotatable bonds is 4. The van der Waals surface area contributed by atoms with Gasteiger partial charge in [-0.3, -0.25) is 4.79 Å². The van der Waals surface area contributed by atoms with E-state index in [9.17, 15) is 4.79 Å². The number of nitrogens with one attached hydrogen (secondary N) is 1. The third-order valence-electron chi connectivity index (χ3n) is 4.22. The summed E-state index contributed by atoms with van der Waals surface area (Å²) in [5.74, 6) is -0.244. The molecule has 0 saturated heterocycles. The maximum Gasteiger partial charge on any atom is 0.271 e. The van der Waals surface area contributed by atoms with Crippen molar-refractivity contribution in [2.75, 3.05) is 0 Å². The van der Waals surface area contributed by atoms with Gasteiger partial charge < -0.3 is 0 Å². The Hall–Kier alpha value is -3.35. The zero-order valence-electron chi connectivity index (χ0n) is 15.8. The van der Waals surface area contributed by atoms with Crippen LogP contribution < -0.4 is 5.43 Å². The quantitative estimate of drug-likeness (QED) is 0.571. The van der Waals surface area contributed by atoms with Crippen LogP contribution in [0.2, 0.25) is 0 Å². The van der Waals surface area contributed by atoms with Crippen LogP contribution in [-0.2, 0) is 5.41 Å². The molecule has 27 heavy (non-hydrogen) atoms. The van der Waals surface area contributed by atoms with Crippen LogP contribution >= 0.6 is 0 Å². The van der Waals surface area contributed by atoms with Gasteiger partial charge >= 0.3 is 0 Å². The minimum Gasteiger partial charge on any atom is -0.267 e. The van der Waals surface area contributed by atoms with Crippen LogP contribution in [0.4, 0.5) is 0 Å². The highest BCUT2D eigenvalue weighted by Gasteiger charge is 2.14. The number of hydrogen-bond acceptors (Lipinski definition) is 5. The Morgan fingerprint density at radius 3 is 2.44 bits per heavy atom. The van der Waals surface area contributed by atoms with Gasteiger partial charge in [0, 0.05) is 5.56 Å². The standard InChI is InChI=1S/C20H22N6O/c1-14(16-6-5-7-18(12-16)26-13-21-24-25-26)22-23-19(27)15-8-10-17(11-9-15)20(2,3)4/h5-13H,1-4H3,(H,23,27)/b22-14-. The van der Waals surface area contributed by atoms with Crippen molar-refractivity contribution in [2.24, 2.45) is 5.10 Å². The summed E-state index contributed by atoms with van der Waals surface area (Å²) in [6, 6.07) is 15.2. The molecule has 0 spiro atoms. The summed E-state index contributed by atoms with van der Waals surface area (Å²) >= 11 is 0. The fourth-order valence-electron chi connectivity index (χ4n) is 2.54. The highest BCUT2D eigenvalue weighted by atomic mass is 16.2. The summed E-state index contributed by atoms with van der Waals surface area (Å²) in [5.41, 5.74) is 6.78. The smallest absolute Gasteiger partial charge is 0.267 e. The highest BCUT2D eigenvalue weighted by Crippen LogP contribution is 2.22. The predicted octanol–water partition coefficient (Wildman–Crippen LogP) is 3.11. The molecule has 0 atom stereocenters. The maximum atomic E-state index is 12.3. The lowest BCUT2D eigenvalue weighted by molar-refractivity contribution is 0.0955. The van der Waals surface area contributed by atoms with Crippen molar-refractivity contribution in [1.82, 2.24) is 25.6 Å². The van der Waals surface area contributed by atoms with Crippen molar-refractivity contribution in [3.05, 3.63) is 71.5 Å². The molecule has 7 nitrogen and oxygen atoms in total. The van der Waals surface area contributed by atoms with E-state index < -0.39 is 0 Å². The number of hydrazone groups is 1. The van der Waals surface area contributed by atoms with Gasteiger partial charge in [-0.15, -0.1) is 5.10 Å². The molecule has 1 amide bonds. The minimum atomic E-state index is -0.244. The molecule has 0 aliphatic rings. The molecule has 0 unspecified atom stereocenters. The average Bonchev–Trinajstić information content (AvgIpc) is 3.20. The second-order valence-electron chi connectivity index (χ2n) is 7.27. The van der Waals surface area contributed by atoms with Gasteiger partial charge in [0.25, 0.3) is 5.91 Å². The van der Waals surface area contributed by atoms with Crippen molar-refractivity contribution in [1.29, 1.82) is 0 Å². The van der Waals surface area contributed by atoms with E-state index in [1.165, 1.54) is 11.9 Å². The first kappa shape index (κ1) is 18.4. The molecule has 0 aliphatic carbocycles. The van der Waals surface area contributed by atoms with Gasteiger partial charge in [0.05, 0.1) is 11.4 Å². The van der Waals surface area contributed by atoms with Crippen molar-refractivity contribution in [3.8, 4) is 5.69 Å². The summed E-state index contributed by atoms with van der Waals surface area (Å²) in [6.07, 6.45) is 1.52. The van der Waals surface area contributed by atoms with Crippen molar-refractivity contribution in [3.63, 3.8) is 0 Å². The van der Waals surface area contributed by atoms with Gasteiger partial charge in [-0.25, -0.2) is 10.1 Å². The monoisotopic (exact) mass is 362 g/mol. The topological polar surface area (TPSA) is 85.1 Å². The molecule has 1 heterocycles. The van der Waals surface area contributed by atoms with Crippen LogP contribution in [0, 0.1) is 0 Å². The molecule has 2 aromatic carbocycles. The number of tetrazole rings is 1. The Morgan fingerprint density at radius 1 is 1.07 bits per heavy atom. The Balaban J connectivity index is 1.72. The summed E-state index contributed by atoms with van der Waals surface area (Å²) < 4.78 is 1.56. The SMILES string of the molecule is C/C(=N/NC(=O)c1ccc(C(C)(C)C)cc1)c1cccc(-n2cnnn2)c1. The normalized spacial score (nSPS) is 12.1. The van der Waals surface area contributed by atoms with Crippen LogP contribution in [0.5, 0.6) is 0 Å². The average molecular weight is 362 g/mol. The molecule has 0 bridgehead atoms. The Labute approximate surface area is 158 Å². The maximum absolute atomic E-state index is 12.3. The Bertz CT molecular complexity index is 953. The van der Waals surface area contributed by atoms with E-state index in [0.29, 0.717) is 11.3 Å². The Kier molecular flexibility index (Phi) is 5.12. The molecule has 0 saturated carbocycles. The fourth-order valence-corrected chi connectivity index (χ4v) is 2.54. The second-order valence-corrected chi connectivity index (χ2v) is 7.27. The fraction of sp³-hybridized carbons (Fsp3) is 0.250. The van der Waals surface area contributed by atoms with E-state index in [1.54, 1.807) is 4.68 Å². The molecule has 3 aromatic rings. The summed E-state index contributed by atoms with van der Waals surface area (Å²) in [7, 11) is 0. The molecule has 1 aromatic heterocycles. The van der Waals surface area contributed by atoms with Crippen LogP contribution in [0.25, 0.3) is 5.69 Å². The molecule has 3 rings (SSSR count). The van der Waals surface area contributed by atoms with Crippen molar-refractivity contribution < 1.29 is 4.79 Å². The van der Waals surface area contributed by atoms with E-state index in [-0.39, 0.29) is 11.3 Å². The molecular formula is C20H22N6O. The molecule has 7 heteroatoms. The predicted molar refractivity (Wildman–Crippen MR) is 104 cm³/mol. The van der Waals surface area contributed by atoms with E-state index in [1.807, 2.05) is 55.5 Å². The number of aromatic nitrogens is 4. The first-order valence-corrected chi connectivity index (χ1v) is 8.63. The van der Waals surface area contributed by atoms with Crippen LogP contribution in [0.3, 0.4) is 0 Å². The number of carbonyl (C=O) groups excluding carboxylic acids is 1. The zero-order valence-corrected chi connectivity index (χ0v) is 15.8. The van der Waals surface area contributed by atoms with Gasteiger partial charge in [0.1, 0.15) is 6.33 Å². The molecule has 0 aliphatic heterocycles. The first-order chi connectivity index (χ1) is 12.8. The van der Waals surface area contributed by atoms with Crippen LogP contribution in [0.15, 0.2) is 60.0 Å². The number of benzene rings is 2. The van der Waals surface area contributed by atoms with Gasteiger partial charge in [-0.2, -0.15) is 5.10 Å². The number of carbonyl (C=O) groups is 1. The van der Waals surface area contributed by atoms with Crippen molar-refractivity contribution in [2.45, 2.75) is 33.1 Å². The van der Waals surface area contributed by atoms with Crippen LogP contribution in [0.1, 0.15) is 49.2 Å². The lowest BCUT2D eigenvalue weighted by Gasteiger charge is -2.18. The minimum absolute atomic E-state index is 0.0500. The van der Waals surface area contributed by atoms with E-state index in [4.69, 9.17) is 0 Å². The summed E-state index contributed by atoms with van der Waals surface area (Å²) in [4.78, 5) is 12.3. The van der Waals surface area contributed by atoms with Gasteiger partial charge in [-0.05, 0) is 58.2 Å². The third-order valence-corrected chi connectivity index (χ3v) is 4.22. The molecule has 0 radical (unpaired) electrons. The zero-order chi connectivity index (χ0) is 19.4. The van der Waals surface area contributed by atoms with Gasteiger partial charge in [0.15, 0.2) is 0 Å². The lowest BCUT2D eigenvalue weighted by atomic mass is 9.87. The molecule has 138 valence electrons. The van der Waals surface area contributed by atoms with Gasteiger partial charge in [0.2, 0.25) is 0 Å². The third kappa shape index (κ3) is 4.44. The number of hydrogen-bond donors (Lipinski definition) is 1. The molecule has 0 fully saturated rings. The number of amides is 1. The second kappa shape index (κ2) is 7.49. The largest absolute Gasteiger partial charge is 0.271 e. The lowest BCUT2D eigenvalue weighted by Crippen LogP contribution is -2.20. The van der Waals surface area contributed by atoms with Gasteiger partial charge in [-0.1, -0.05) is 45.0 Å². The summed E-state index contributed by atoms with van der Waals surface area (Å²) in [5, 5.41) is 15.4. The summed E-state index contributed by atoms with van der Waals surface area (Å²) in [6.45, 7) is 8.25. The first-order valence-electron chi connectivity index (χ1n) is 8.63. The van der Waals surface area contributed by atoms with Crippen LogP contribution in [-0.4, -0.2) is 31.8 Å². The van der Waals surface area contributed by atoms with E-state index >= 15 is 0 Å². The number of nitrogens with zero attached hydrogens (tertiary/aromatic N) is 5. The molecule has 1 N–H and O–H groups in total. The van der Waals surface area contributed by atoms with E-state index in [0.717, 1.165) is 11.3 Å². The Morgan fingerprint density at radius 2 is 1.81 bits per heavy atom. The highest BCUT2D eigenvalue weighted by molar-refractivity contribution is 6.01. The van der Waals surface area contributed by atoms with Crippen molar-refractivity contribution >= 4 is 11.6 Å².